The summed E-state index contributed by atoms with van der Waals surface area (Å²) in [6.45, 7) is 0. The lowest BCUT2D eigenvalue weighted by Gasteiger charge is -2.54. The monoisotopic (exact) mass is 463 g/mol. The van der Waals surface area contributed by atoms with Gasteiger partial charge in [-0.15, -0.1) is 0 Å². The minimum atomic E-state index is -2.07. The van der Waals surface area contributed by atoms with Crippen LogP contribution in [0.4, 0.5) is 5.69 Å². The van der Waals surface area contributed by atoms with Crippen LogP contribution in [0.5, 0.6) is 11.5 Å². The first-order valence-electron chi connectivity index (χ1n) is 8.58. The second kappa shape index (κ2) is 7.85. The third-order valence-corrected chi connectivity index (χ3v) is 24.8. The highest BCUT2D eigenvalue weighted by Gasteiger charge is 2.52. The van der Waals surface area contributed by atoms with Crippen LogP contribution in [0.15, 0.2) is 78.9 Å². The molecule has 0 spiro atoms. The number of rotatable bonds is 5. The van der Waals surface area contributed by atoms with E-state index in [0.29, 0.717) is 0 Å². The third-order valence-electron chi connectivity index (χ3n) is 4.50. The number of ether oxygens (including phenoxy) is 2. The van der Waals surface area contributed by atoms with E-state index in [1.54, 1.807) is 14.2 Å². The molecule has 4 rings (SSSR count). The smallest absolute Gasteiger partial charge is 0.129 e. The number of hydrogen-bond acceptors (Lipinski definition) is 5. The first-order chi connectivity index (χ1) is 13.5. The van der Waals surface area contributed by atoms with E-state index < -0.39 is 10.8 Å². The van der Waals surface area contributed by atoms with Gasteiger partial charge in [0.1, 0.15) is 22.3 Å². The van der Waals surface area contributed by atoms with Gasteiger partial charge in [-0.3, -0.25) is 4.44 Å². The molecule has 3 nitrogen and oxygen atoms in total. The largest absolute Gasteiger partial charge is 0.497 e. The fourth-order valence-electron chi connectivity index (χ4n) is 3.07. The number of nitrogens with zero attached hydrogens (tertiary/aromatic N) is 1. The van der Waals surface area contributed by atoms with Gasteiger partial charge in [0.25, 0.3) is 0 Å². The highest BCUT2D eigenvalue weighted by Crippen LogP contribution is 2.95. The van der Waals surface area contributed by atoms with Crippen LogP contribution in [-0.4, -0.2) is 14.2 Å². The van der Waals surface area contributed by atoms with E-state index in [1.807, 2.05) is 53.5 Å². The molecule has 28 heavy (non-hydrogen) atoms. The van der Waals surface area contributed by atoms with Crippen LogP contribution >= 0.6 is 21.8 Å². The molecule has 0 radical (unpaired) electrons. The van der Waals surface area contributed by atoms with Crippen molar-refractivity contribution >= 4 is 61.7 Å². The Labute approximate surface area is 179 Å². The molecule has 0 aromatic heterocycles. The van der Waals surface area contributed by atoms with E-state index in [2.05, 4.69) is 40.8 Å². The van der Waals surface area contributed by atoms with Gasteiger partial charge < -0.3 is 9.47 Å². The maximum Gasteiger partial charge on any atom is 0.129 e. The zero-order valence-electron chi connectivity index (χ0n) is 15.4. The molecule has 1 aliphatic heterocycles. The molecule has 3 aromatic carbocycles. The Hall–Kier alpha value is -1.29. The van der Waals surface area contributed by atoms with Gasteiger partial charge in [-0.1, -0.05) is 41.8 Å². The van der Waals surface area contributed by atoms with Crippen molar-refractivity contribution in [3.63, 3.8) is 0 Å². The van der Waals surface area contributed by atoms with Crippen LogP contribution in [-0.2, 0) is 23.6 Å². The predicted molar refractivity (Wildman–Crippen MR) is 130 cm³/mol. The van der Waals surface area contributed by atoms with Crippen molar-refractivity contribution < 1.29 is 9.47 Å². The Balaban J connectivity index is 1.80. The number of para-hydroxylation sites is 1. The molecule has 1 heterocycles. The van der Waals surface area contributed by atoms with Crippen molar-refractivity contribution in [2.45, 2.75) is 0 Å². The summed E-state index contributed by atoms with van der Waals surface area (Å²) in [7, 11) is 3.34. The van der Waals surface area contributed by atoms with Crippen LogP contribution in [0.25, 0.3) is 0 Å². The Morgan fingerprint density at radius 2 is 1.11 bits per heavy atom. The molecule has 0 bridgehead atoms. The standard InChI is InChI=1S/C20H19NO2P2S3/c1-22-17-8-12-19(13-9-17)24(26)21(16-6-4-3-5-7-16)25(27,28-24)20-14-10-18(23-2)11-15-20/h3-15H,1-2H3. The average molecular weight is 464 g/mol. The zero-order chi connectivity index (χ0) is 19.8. The van der Waals surface area contributed by atoms with Gasteiger partial charge in [-0.05, 0) is 71.7 Å². The minimum absolute atomic E-state index is 0.830. The van der Waals surface area contributed by atoms with Crippen molar-refractivity contribution in [1.82, 2.24) is 0 Å². The fraction of sp³-hybridized carbons (Fsp3) is 0.100. The second-order valence-electron chi connectivity index (χ2n) is 6.14. The van der Waals surface area contributed by atoms with Crippen molar-refractivity contribution in [3.05, 3.63) is 78.9 Å². The SMILES string of the molecule is COc1ccc(P2(=S)SP(=S)(c3ccc(OC)cc3)N2c2ccccc2)cc1. The molecule has 1 saturated heterocycles. The summed E-state index contributed by atoms with van der Waals surface area (Å²) < 4.78 is 13.0. The maximum absolute atomic E-state index is 6.27. The van der Waals surface area contributed by atoms with E-state index in [1.165, 1.54) is 0 Å². The summed E-state index contributed by atoms with van der Waals surface area (Å²) in [5.41, 5.74) is 1.10. The predicted octanol–water partition coefficient (Wildman–Crippen LogP) is 5.53. The normalized spacial score (nSPS) is 23.7. The molecule has 2 atom stereocenters. The Kier molecular flexibility index (Phi) is 5.61. The Morgan fingerprint density at radius 1 is 0.679 bits per heavy atom. The van der Waals surface area contributed by atoms with Crippen LogP contribution in [0.2, 0.25) is 0 Å². The van der Waals surface area contributed by atoms with E-state index >= 15 is 0 Å². The van der Waals surface area contributed by atoms with Gasteiger partial charge >= 0.3 is 0 Å². The summed E-state index contributed by atoms with van der Waals surface area (Å²) in [6.07, 6.45) is 0. The lowest BCUT2D eigenvalue weighted by molar-refractivity contribution is 0.415. The van der Waals surface area contributed by atoms with Gasteiger partial charge in [-0.25, -0.2) is 0 Å². The molecule has 3 aromatic rings. The van der Waals surface area contributed by atoms with Crippen molar-refractivity contribution in [3.8, 4) is 11.5 Å². The zero-order valence-corrected chi connectivity index (χ0v) is 19.6. The van der Waals surface area contributed by atoms with Gasteiger partial charge in [0.15, 0.2) is 0 Å². The molecule has 0 saturated carbocycles. The first-order valence-corrected chi connectivity index (χ1v) is 16.1. The third kappa shape index (κ3) is 3.32. The fourth-order valence-corrected chi connectivity index (χ4v) is 28.5. The first kappa shape index (κ1) is 20.0. The highest BCUT2D eigenvalue weighted by atomic mass is 33.2. The summed E-state index contributed by atoms with van der Waals surface area (Å²) in [6, 6.07) is 26.5. The van der Waals surface area contributed by atoms with E-state index in [4.69, 9.17) is 33.1 Å². The molecule has 0 amide bonds. The van der Waals surface area contributed by atoms with E-state index in [9.17, 15) is 0 Å². The Morgan fingerprint density at radius 3 is 1.50 bits per heavy atom. The summed E-state index contributed by atoms with van der Waals surface area (Å²) in [4.78, 5) is 0. The van der Waals surface area contributed by atoms with Crippen molar-refractivity contribution in [2.24, 2.45) is 0 Å². The number of methoxy groups -OCH3 is 2. The average Bonchev–Trinajstić information content (AvgIpc) is 2.74. The molecule has 0 N–H and O–H groups in total. The molecular weight excluding hydrogens is 444 g/mol. The van der Waals surface area contributed by atoms with Crippen molar-refractivity contribution in [1.29, 1.82) is 0 Å². The highest BCUT2D eigenvalue weighted by molar-refractivity contribution is 9.09. The summed E-state index contributed by atoms with van der Waals surface area (Å²) >= 11 is 14.4. The topological polar surface area (TPSA) is 21.7 Å². The molecule has 8 heteroatoms. The minimum Gasteiger partial charge on any atom is -0.497 e. The molecular formula is C20H19NO2P2S3. The van der Waals surface area contributed by atoms with Gasteiger partial charge in [0.2, 0.25) is 0 Å². The van der Waals surface area contributed by atoms with Crippen LogP contribution < -0.4 is 24.5 Å². The van der Waals surface area contributed by atoms with Gasteiger partial charge in [0.05, 0.1) is 14.2 Å². The number of benzene rings is 3. The second-order valence-corrected chi connectivity index (χ2v) is 20.2. The van der Waals surface area contributed by atoms with Gasteiger partial charge in [0, 0.05) is 16.3 Å². The molecule has 1 fully saturated rings. The summed E-state index contributed by atoms with van der Waals surface area (Å²) in [5, 5.41) is -1.85. The lowest BCUT2D eigenvalue weighted by Crippen LogP contribution is -2.32. The van der Waals surface area contributed by atoms with Gasteiger partial charge in [-0.2, -0.15) is 0 Å². The van der Waals surface area contributed by atoms with E-state index in [0.717, 1.165) is 27.8 Å². The molecule has 144 valence electrons. The molecule has 2 unspecified atom stereocenters. The molecule has 0 aliphatic carbocycles. The maximum atomic E-state index is 6.27. The van der Waals surface area contributed by atoms with Crippen molar-refractivity contribution in [2.75, 3.05) is 18.7 Å². The number of hydrogen-bond donors (Lipinski definition) is 0. The van der Waals surface area contributed by atoms with Crippen LogP contribution in [0.1, 0.15) is 0 Å². The van der Waals surface area contributed by atoms with Crippen LogP contribution in [0, 0.1) is 0 Å². The molecule has 1 aliphatic rings. The van der Waals surface area contributed by atoms with Crippen LogP contribution in [0.3, 0.4) is 0 Å². The summed E-state index contributed by atoms with van der Waals surface area (Å²) in [5.74, 6) is 1.66. The van der Waals surface area contributed by atoms with E-state index in [-0.39, 0.29) is 0 Å². The number of anilines is 1. The quantitative estimate of drug-likeness (QED) is 0.461. The lowest BCUT2D eigenvalue weighted by atomic mass is 10.3. The Bertz CT molecular complexity index is 1010.